The molecule has 4 aromatic carbocycles. The molecule has 6 nitrogen and oxygen atoms in total. The number of carbonyl (C=O) groups is 1. The van der Waals surface area contributed by atoms with Crippen molar-refractivity contribution >= 4 is 23.4 Å². The van der Waals surface area contributed by atoms with Crippen LogP contribution in [0.15, 0.2) is 132 Å². The van der Waals surface area contributed by atoms with Crippen LogP contribution in [0.4, 0.5) is 11.5 Å². The maximum Gasteiger partial charge on any atom is 0.245 e. The standard InChI is InChI=1S/C30H22N4O2/c35-27(21-16-22-10-4-1-5-11-22)23-17-19-26(20-18-23)34-29(24-12-6-2-7-13-24)31-28(30(34)36)33-32-25-14-8-3-9-15-25/h1-21,36H/b21-16+,33-32?. The summed E-state index contributed by atoms with van der Waals surface area (Å²) >= 11 is 0. The Morgan fingerprint density at radius 2 is 1.36 bits per heavy atom. The van der Waals surface area contributed by atoms with Crippen molar-refractivity contribution in [3.63, 3.8) is 0 Å². The smallest absolute Gasteiger partial charge is 0.245 e. The average Bonchev–Trinajstić information content (AvgIpc) is 3.28. The third kappa shape index (κ3) is 5.03. The Balaban J connectivity index is 1.48. The monoisotopic (exact) mass is 470 g/mol. The van der Waals surface area contributed by atoms with E-state index in [0.717, 1.165) is 11.1 Å². The molecule has 0 radical (unpaired) electrons. The molecule has 36 heavy (non-hydrogen) atoms. The summed E-state index contributed by atoms with van der Waals surface area (Å²) in [6.45, 7) is 0. The second-order valence-electron chi connectivity index (χ2n) is 7.97. The Hall–Kier alpha value is -5.10. The van der Waals surface area contributed by atoms with E-state index in [9.17, 15) is 9.90 Å². The lowest BCUT2D eigenvalue weighted by Gasteiger charge is -2.09. The van der Waals surface area contributed by atoms with E-state index < -0.39 is 0 Å². The number of imidazole rings is 1. The van der Waals surface area contributed by atoms with Crippen LogP contribution in [-0.4, -0.2) is 20.4 Å². The van der Waals surface area contributed by atoms with E-state index in [2.05, 4.69) is 15.2 Å². The Morgan fingerprint density at radius 1 is 0.750 bits per heavy atom. The summed E-state index contributed by atoms with van der Waals surface area (Å²) in [6, 6.07) is 35.4. The molecule has 1 N–H and O–H groups in total. The van der Waals surface area contributed by atoms with Crippen LogP contribution in [0.1, 0.15) is 15.9 Å². The molecule has 6 heteroatoms. The predicted octanol–water partition coefficient (Wildman–Crippen LogP) is 7.56. The molecule has 0 saturated heterocycles. The number of azo groups is 1. The summed E-state index contributed by atoms with van der Waals surface area (Å²) in [6.07, 6.45) is 3.34. The van der Waals surface area contributed by atoms with Crippen molar-refractivity contribution in [2.45, 2.75) is 0 Å². The molecule has 0 unspecified atom stereocenters. The Labute approximate surface area is 208 Å². The van der Waals surface area contributed by atoms with Crippen LogP contribution in [0.2, 0.25) is 0 Å². The minimum atomic E-state index is -0.142. The van der Waals surface area contributed by atoms with E-state index in [-0.39, 0.29) is 17.5 Å². The maximum absolute atomic E-state index is 12.7. The molecule has 0 aliphatic rings. The van der Waals surface area contributed by atoms with E-state index in [4.69, 9.17) is 0 Å². The van der Waals surface area contributed by atoms with Gasteiger partial charge in [-0.1, -0.05) is 84.9 Å². The number of ketones is 1. The van der Waals surface area contributed by atoms with Crippen molar-refractivity contribution < 1.29 is 9.90 Å². The second-order valence-corrected chi connectivity index (χ2v) is 7.97. The third-order valence-electron chi connectivity index (χ3n) is 5.52. The molecule has 0 spiro atoms. The molecule has 1 heterocycles. The zero-order chi connectivity index (χ0) is 24.7. The fourth-order valence-corrected chi connectivity index (χ4v) is 3.70. The lowest BCUT2D eigenvalue weighted by molar-refractivity contribution is 0.104. The van der Waals surface area contributed by atoms with Crippen molar-refractivity contribution in [2.24, 2.45) is 10.2 Å². The van der Waals surface area contributed by atoms with Crippen molar-refractivity contribution in [3.8, 4) is 23.0 Å². The Morgan fingerprint density at radius 3 is 2.03 bits per heavy atom. The maximum atomic E-state index is 12.7. The number of hydrogen-bond acceptors (Lipinski definition) is 5. The number of hydrogen-bond donors (Lipinski definition) is 1. The number of rotatable bonds is 7. The van der Waals surface area contributed by atoms with Crippen LogP contribution in [0.25, 0.3) is 23.2 Å². The first-order valence-electron chi connectivity index (χ1n) is 11.4. The van der Waals surface area contributed by atoms with Gasteiger partial charge in [-0.25, -0.2) is 4.98 Å². The summed E-state index contributed by atoms with van der Waals surface area (Å²) in [5.41, 5.74) is 3.59. The Kier molecular flexibility index (Phi) is 6.58. The molecule has 0 aliphatic carbocycles. The number of aromatic nitrogens is 2. The van der Waals surface area contributed by atoms with E-state index in [1.165, 1.54) is 0 Å². The van der Waals surface area contributed by atoms with Crippen LogP contribution in [0.3, 0.4) is 0 Å². The summed E-state index contributed by atoms with van der Waals surface area (Å²) in [7, 11) is 0. The molecular weight excluding hydrogens is 448 g/mol. The first-order valence-corrected chi connectivity index (χ1v) is 11.4. The zero-order valence-corrected chi connectivity index (χ0v) is 19.3. The number of nitrogens with zero attached hydrogens (tertiary/aromatic N) is 4. The molecule has 5 rings (SSSR count). The molecule has 0 atom stereocenters. The summed E-state index contributed by atoms with van der Waals surface area (Å²) in [5.74, 6) is 0.360. The third-order valence-corrected chi connectivity index (χ3v) is 5.52. The normalized spacial score (nSPS) is 11.3. The van der Waals surface area contributed by atoms with Gasteiger partial charge in [0.15, 0.2) is 5.78 Å². The first kappa shape index (κ1) is 22.7. The SMILES string of the molecule is O=C(/C=C/c1ccccc1)c1ccc(-n2c(-c3ccccc3)nc(N=Nc3ccccc3)c2O)cc1. The van der Waals surface area contributed by atoms with Gasteiger partial charge in [-0.15, -0.1) is 10.2 Å². The predicted molar refractivity (Wildman–Crippen MR) is 141 cm³/mol. The van der Waals surface area contributed by atoms with E-state index >= 15 is 0 Å². The van der Waals surface area contributed by atoms with Crippen molar-refractivity contribution in [2.75, 3.05) is 0 Å². The molecular formula is C30H22N4O2. The lowest BCUT2D eigenvalue weighted by atomic mass is 10.1. The second kappa shape index (κ2) is 10.4. The topological polar surface area (TPSA) is 79.8 Å². The number of benzene rings is 4. The zero-order valence-electron chi connectivity index (χ0n) is 19.3. The van der Waals surface area contributed by atoms with Crippen molar-refractivity contribution in [1.29, 1.82) is 0 Å². The van der Waals surface area contributed by atoms with Crippen molar-refractivity contribution in [1.82, 2.24) is 9.55 Å². The average molecular weight is 471 g/mol. The van der Waals surface area contributed by atoms with Gasteiger partial charge in [0.05, 0.1) is 11.4 Å². The van der Waals surface area contributed by atoms with Gasteiger partial charge in [-0.2, -0.15) is 0 Å². The van der Waals surface area contributed by atoms with E-state index in [1.54, 1.807) is 41.0 Å². The van der Waals surface area contributed by atoms with Crippen LogP contribution in [0.5, 0.6) is 5.88 Å². The van der Waals surface area contributed by atoms with Gasteiger partial charge in [0, 0.05) is 11.1 Å². The fraction of sp³-hybridized carbons (Fsp3) is 0. The molecule has 0 fully saturated rings. The van der Waals surface area contributed by atoms with Crippen molar-refractivity contribution in [3.05, 3.63) is 132 Å². The van der Waals surface area contributed by atoms with Crippen LogP contribution < -0.4 is 0 Å². The van der Waals surface area contributed by atoms with Gasteiger partial charge in [-0.3, -0.25) is 9.36 Å². The number of allylic oxidation sites excluding steroid dienone is 1. The van der Waals surface area contributed by atoms with Gasteiger partial charge >= 0.3 is 0 Å². The van der Waals surface area contributed by atoms with Crippen LogP contribution >= 0.6 is 0 Å². The number of carbonyl (C=O) groups excluding carboxylic acids is 1. The molecule has 0 amide bonds. The Bertz CT molecular complexity index is 1520. The van der Waals surface area contributed by atoms with Gasteiger partial charge < -0.3 is 5.11 Å². The lowest BCUT2D eigenvalue weighted by Crippen LogP contribution is -1.99. The van der Waals surface area contributed by atoms with Gasteiger partial charge in [0.2, 0.25) is 11.7 Å². The molecule has 0 bridgehead atoms. The minimum Gasteiger partial charge on any atom is -0.491 e. The minimum absolute atomic E-state index is 0.101. The number of aromatic hydroxyl groups is 1. The van der Waals surface area contributed by atoms with Crippen LogP contribution in [-0.2, 0) is 0 Å². The highest BCUT2D eigenvalue weighted by Gasteiger charge is 2.19. The quantitative estimate of drug-likeness (QED) is 0.151. The first-order chi connectivity index (χ1) is 17.7. The highest BCUT2D eigenvalue weighted by atomic mass is 16.3. The summed E-state index contributed by atoms with van der Waals surface area (Å²) in [5, 5.41) is 19.4. The molecule has 174 valence electrons. The molecule has 1 aromatic heterocycles. The fourth-order valence-electron chi connectivity index (χ4n) is 3.70. The molecule has 0 saturated carbocycles. The van der Waals surface area contributed by atoms with Gasteiger partial charge in [0.25, 0.3) is 0 Å². The van der Waals surface area contributed by atoms with Gasteiger partial charge in [0.1, 0.15) is 5.82 Å². The summed E-state index contributed by atoms with van der Waals surface area (Å²) in [4.78, 5) is 17.2. The van der Waals surface area contributed by atoms with E-state index in [0.29, 0.717) is 22.8 Å². The molecule has 5 aromatic rings. The van der Waals surface area contributed by atoms with Gasteiger partial charge in [-0.05, 0) is 48.0 Å². The molecule has 0 aliphatic heterocycles. The van der Waals surface area contributed by atoms with E-state index in [1.807, 2.05) is 91.0 Å². The highest BCUT2D eigenvalue weighted by Crippen LogP contribution is 2.36. The summed E-state index contributed by atoms with van der Waals surface area (Å²) < 4.78 is 1.60. The largest absolute Gasteiger partial charge is 0.491 e. The highest BCUT2D eigenvalue weighted by molar-refractivity contribution is 6.06. The van der Waals surface area contributed by atoms with Crippen LogP contribution in [0, 0.1) is 0 Å².